The largest absolute Gasteiger partial charge is 0.309 e. The second-order valence-corrected chi connectivity index (χ2v) is 5.50. The Morgan fingerprint density at radius 2 is 2.26 bits per heavy atom. The van der Waals surface area contributed by atoms with Gasteiger partial charge >= 0.3 is 0 Å². The summed E-state index contributed by atoms with van der Waals surface area (Å²) in [5.41, 5.74) is 2.84. The molecule has 1 heterocycles. The molecule has 0 aliphatic heterocycles. The number of fused-ring (bicyclic) bond motifs is 1. The zero-order chi connectivity index (χ0) is 13.7. The summed E-state index contributed by atoms with van der Waals surface area (Å²) in [6.45, 7) is 9.08. The number of aromatic nitrogens is 2. The molecule has 2 rings (SSSR count). The van der Waals surface area contributed by atoms with Crippen molar-refractivity contribution < 1.29 is 0 Å². The molecule has 0 fully saturated rings. The predicted octanol–water partition coefficient (Wildman–Crippen LogP) is 2.12. The van der Waals surface area contributed by atoms with E-state index in [1.165, 1.54) is 43.5 Å². The number of nitrogens with zero attached hydrogens (tertiary/aromatic N) is 3. The minimum Gasteiger partial charge on any atom is -0.309 e. The van der Waals surface area contributed by atoms with E-state index in [0.717, 1.165) is 19.6 Å². The van der Waals surface area contributed by atoms with Crippen molar-refractivity contribution in [3.63, 3.8) is 0 Å². The quantitative estimate of drug-likeness (QED) is 0.819. The number of hydrogen-bond acceptors (Lipinski definition) is 3. The second kappa shape index (κ2) is 7.06. The van der Waals surface area contributed by atoms with E-state index in [1.54, 1.807) is 0 Å². The predicted molar refractivity (Wildman–Crippen MR) is 79.3 cm³/mol. The Labute approximate surface area is 117 Å². The molecule has 0 saturated heterocycles. The van der Waals surface area contributed by atoms with Crippen molar-refractivity contribution in [2.75, 3.05) is 26.2 Å². The zero-order valence-electron chi connectivity index (χ0n) is 12.7. The Balaban J connectivity index is 1.84. The third kappa shape index (κ3) is 3.57. The molecule has 4 nitrogen and oxygen atoms in total. The molecule has 19 heavy (non-hydrogen) atoms. The van der Waals surface area contributed by atoms with Gasteiger partial charge in [-0.25, -0.2) is 0 Å². The molecule has 0 radical (unpaired) electrons. The van der Waals surface area contributed by atoms with Crippen LogP contribution in [0, 0.1) is 0 Å². The minimum atomic E-state index is 0.512. The third-order valence-electron chi connectivity index (χ3n) is 4.18. The lowest BCUT2D eigenvalue weighted by Gasteiger charge is -2.26. The molecule has 0 aromatic carbocycles. The van der Waals surface area contributed by atoms with Crippen LogP contribution in [0.2, 0.25) is 0 Å². The van der Waals surface area contributed by atoms with Gasteiger partial charge in [0.05, 0.1) is 6.20 Å². The molecule has 1 aliphatic rings. The highest BCUT2D eigenvalue weighted by atomic mass is 15.3. The van der Waals surface area contributed by atoms with Gasteiger partial charge in [-0.3, -0.25) is 4.68 Å². The van der Waals surface area contributed by atoms with Gasteiger partial charge in [0.1, 0.15) is 0 Å². The van der Waals surface area contributed by atoms with Crippen LogP contribution in [-0.4, -0.2) is 40.9 Å². The van der Waals surface area contributed by atoms with Crippen LogP contribution in [0.25, 0.3) is 0 Å². The Morgan fingerprint density at radius 3 is 3.00 bits per heavy atom. The summed E-state index contributed by atoms with van der Waals surface area (Å²) in [5, 5.41) is 8.12. The molecule has 1 aliphatic carbocycles. The van der Waals surface area contributed by atoms with Crippen LogP contribution < -0.4 is 5.32 Å². The molecule has 1 unspecified atom stereocenters. The second-order valence-electron chi connectivity index (χ2n) is 5.50. The number of aryl methyl sites for hydroxylation is 1. The van der Waals surface area contributed by atoms with E-state index in [0.29, 0.717) is 6.04 Å². The van der Waals surface area contributed by atoms with Crippen molar-refractivity contribution in [3.8, 4) is 0 Å². The van der Waals surface area contributed by atoms with Crippen LogP contribution >= 0.6 is 0 Å². The first-order chi connectivity index (χ1) is 9.26. The molecule has 0 bridgehead atoms. The maximum Gasteiger partial charge on any atom is 0.0540 e. The maximum atomic E-state index is 4.40. The van der Waals surface area contributed by atoms with Gasteiger partial charge in [-0.2, -0.15) is 5.10 Å². The van der Waals surface area contributed by atoms with Gasteiger partial charge in [0.2, 0.25) is 0 Å². The van der Waals surface area contributed by atoms with E-state index in [4.69, 9.17) is 0 Å². The molecule has 1 aromatic rings. The van der Waals surface area contributed by atoms with Gasteiger partial charge in [-0.1, -0.05) is 13.8 Å². The lowest BCUT2D eigenvalue weighted by Crippen LogP contribution is -2.35. The van der Waals surface area contributed by atoms with E-state index in [9.17, 15) is 0 Å². The van der Waals surface area contributed by atoms with E-state index in [1.807, 2.05) is 4.68 Å². The molecule has 4 heteroatoms. The fraction of sp³-hybridized carbons (Fsp3) is 0.800. The number of nitrogens with one attached hydrogen (secondary N) is 1. The topological polar surface area (TPSA) is 33.1 Å². The SMILES string of the molecule is CCCN(CC)CCNC1CCCc2c1cnn2C. The first-order valence-electron chi connectivity index (χ1n) is 7.72. The molecule has 0 amide bonds. The summed E-state index contributed by atoms with van der Waals surface area (Å²) in [6, 6.07) is 0.512. The summed E-state index contributed by atoms with van der Waals surface area (Å²) >= 11 is 0. The Hall–Kier alpha value is -0.870. The fourth-order valence-corrected chi connectivity index (χ4v) is 3.06. The van der Waals surface area contributed by atoms with Gasteiger partial charge in [0.25, 0.3) is 0 Å². The summed E-state index contributed by atoms with van der Waals surface area (Å²) in [4.78, 5) is 2.51. The van der Waals surface area contributed by atoms with Crippen molar-refractivity contribution >= 4 is 0 Å². The Morgan fingerprint density at radius 1 is 1.42 bits per heavy atom. The van der Waals surface area contributed by atoms with E-state index in [-0.39, 0.29) is 0 Å². The summed E-state index contributed by atoms with van der Waals surface area (Å²) < 4.78 is 2.04. The van der Waals surface area contributed by atoms with E-state index >= 15 is 0 Å². The number of likely N-dealkylation sites (N-methyl/N-ethyl adjacent to an activating group) is 1. The normalized spacial score (nSPS) is 18.8. The third-order valence-corrected chi connectivity index (χ3v) is 4.18. The van der Waals surface area contributed by atoms with Crippen molar-refractivity contribution in [3.05, 3.63) is 17.5 Å². The van der Waals surface area contributed by atoms with Crippen LogP contribution in [0.4, 0.5) is 0 Å². The summed E-state index contributed by atoms with van der Waals surface area (Å²) in [5.74, 6) is 0. The van der Waals surface area contributed by atoms with Crippen LogP contribution in [0.3, 0.4) is 0 Å². The number of rotatable bonds is 7. The van der Waals surface area contributed by atoms with E-state index < -0.39 is 0 Å². The Kier molecular flexibility index (Phi) is 5.40. The van der Waals surface area contributed by atoms with Gasteiger partial charge in [-0.05, 0) is 38.8 Å². The monoisotopic (exact) mass is 264 g/mol. The average molecular weight is 264 g/mol. The standard InChI is InChI=1S/C15H28N4/c1-4-10-19(5-2)11-9-16-14-7-6-8-15-13(14)12-17-18(15)3/h12,14,16H,4-11H2,1-3H3. The highest BCUT2D eigenvalue weighted by Crippen LogP contribution is 2.28. The first-order valence-corrected chi connectivity index (χ1v) is 7.72. The van der Waals surface area contributed by atoms with Crippen LogP contribution in [0.15, 0.2) is 6.20 Å². The van der Waals surface area contributed by atoms with Crippen molar-refractivity contribution in [1.29, 1.82) is 0 Å². The van der Waals surface area contributed by atoms with Crippen LogP contribution in [-0.2, 0) is 13.5 Å². The van der Waals surface area contributed by atoms with Crippen LogP contribution in [0.5, 0.6) is 0 Å². The van der Waals surface area contributed by atoms with Gasteiger partial charge < -0.3 is 10.2 Å². The highest BCUT2D eigenvalue weighted by molar-refractivity contribution is 5.24. The van der Waals surface area contributed by atoms with Crippen molar-refractivity contribution in [1.82, 2.24) is 20.0 Å². The van der Waals surface area contributed by atoms with E-state index in [2.05, 4.69) is 42.4 Å². The fourth-order valence-electron chi connectivity index (χ4n) is 3.06. The number of hydrogen-bond donors (Lipinski definition) is 1. The molecular formula is C15H28N4. The molecule has 1 aromatic heterocycles. The van der Waals surface area contributed by atoms with Crippen LogP contribution in [0.1, 0.15) is 50.4 Å². The maximum absolute atomic E-state index is 4.40. The molecule has 0 saturated carbocycles. The molecular weight excluding hydrogens is 236 g/mol. The van der Waals surface area contributed by atoms with Gasteiger partial charge in [0, 0.05) is 37.4 Å². The van der Waals surface area contributed by atoms with Gasteiger partial charge in [-0.15, -0.1) is 0 Å². The summed E-state index contributed by atoms with van der Waals surface area (Å²) in [7, 11) is 2.06. The minimum absolute atomic E-state index is 0.512. The first kappa shape index (κ1) is 14.5. The molecule has 1 atom stereocenters. The molecule has 0 spiro atoms. The van der Waals surface area contributed by atoms with Gasteiger partial charge in [0.15, 0.2) is 0 Å². The van der Waals surface area contributed by atoms with Crippen molar-refractivity contribution in [2.24, 2.45) is 7.05 Å². The lowest BCUT2D eigenvalue weighted by atomic mass is 9.93. The Bertz CT molecular complexity index is 385. The molecule has 108 valence electrons. The smallest absolute Gasteiger partial charge is 0.0540 e. The zero-order valence-corrected chi connectivity index (χ0v) is 12.7. The van der Waals surface area contributed by atoms with Crippen molar-refractivity contribution in [2.45, 2.75) is 45.6 Å². The summed E-state index contributed by atoms with van der Waals surface area (Å²) in [6.07, 6.45) is 7.00. The lowest BCUT2D eigenvalue weighted by molar-refractivity contribution is 0.279. The molecule has 1 N–H and O–H groups in total. The average Bonchev–Trinajstić information content (AvgIpc) is 2.80. The highest BCUT2D eigenvalue weighted by Gasteiger charge is 2.22.